The number of nitrogens with zero attached hydrogens (tertiary/aromatic N) is 1. The van der Waals surface area contributed by atoms with E-state index in [0.29, 0.717) is 5.56 Å². The Bertz CT molecular complexity index is 955. The van der Waals surface area contributed by atoms with E-state index in [-0.39, 0.29) is 27.6 Å². The van der Waals surface area contributed by atoms with Gasteiger partial charge < -0.3 is 9.47 Å². The molecule has 6 nitrogen and oxygen atoms in total. The second-order valence-electron chi connectivity index (χ2n) is 5.12. The molecule has 3 rings (SSSR count). The van der Waals surface area contributed by atoms with E-state index in [1.165, 1.54) is 24.3 Å². The fraction of sp³-hybridized carbons (Fsp3) is 0.0625. The van der Waals surface area contributed by atoms with Crippen LogP contribution < -0.4 is 4.74 Å². The summed E-state index contributed by atoms with van der Waals surface area (Å²) < 4.78 is 45.5. The molecule has 2 aromatic rings. The number of carbonyl (C=O) groups is 1. The summed E-state index contributed by atoms with van der Waals surface area (Å²) in [6.45, 7) is 0. The number of nitro groups is 1. The van der Waals surface area contributed by atoms with Gasteiger partial charge in [-0.1, -0.05) is 11.6 Å². The molecule has 0 aliphatic carbocycles. The quantitative estimate of drug-likeness (QED) is 0.430. The molecule has 10 heteroatoms. The van der Waals surface area contributed by atoms with Gasteiger partial charge in [-0.2, -0.15) is 0 Å². The standard InChI is InChI=1S/C16H7ClF3NO5/c17-13-7-10(26-16(18,19)20)3-1-8(13)5-14-11-4-2-9(21(23)24)6-12(11)15(22)25-14/h1-7H/b14-5-. The zero-order valence-electron chi connectivity index (χ0n) is 12.5. The molecule has 0 fully saturated rings. The van der Waals surface area contributed by atoms with Crippen molar-refractivity contribution in [1.82, 2.24) is 0 Å². The van der Waals surface area contributed by atoms with Gasteiger partial charge >= 0.3 is 12.3 Å². The highest BCUT2D eigenvalue weighted by Gasteiger charge is 2.31. The maximum atomic E-state index is 12.2. The van der Waals surface area contributed by atoms with E-state index < -0.39 is 23.0 Å². The van der Waals surface area contributed by atoms with Gasteiger partial charge in [0, 0.05) is 17.7 Å². The minimum Gasteiger partial charge on any atom is -0.422 e. The number of non-ortho nitro benzene ring substituents is 1. The minimum atomic E-state index is -4.85. The van der Waals surface area contributed by atoms with Crippen molar-refractivity contribution in [3.63, 3.8) is 0 Å². The van der Waals surface area contributed by atoms with Gasteiger partial charge in [-0.15, -0.1) is 13.2 Å². The Hall–Kier alpha value is -3.07. The first-order chi connectivity index (χ1) is 12.1. The van der Waals surface area contributed by atoms with Gasteiger partial charge in [-0.25, -0.2) is 4.79 Å². The van der Waals surface area contributed by atoms with Crippen LogP contribution in [-0.4, -0.2) is 17.3 Å². The van der Waals surface area contributed by atoms with Crippen molar-refractivity contribution < 1.29 is 32.4 Å². The Morgan fingerprint density at radius 2 is 1.88 bits per heavy atom. The molecule has 0 aromatic heterocycles. The third kappa shape index (κ3) is 3.62. The lowest BCUT2D eigenvalue weighted by Gasteiger charge is -2.10. The Labute approximate surface area is 148 Å². The van der Waals surface area contributed by atoms with Crippen molar-refractivity contribution >= 4 is 35.1 Å². The average molecular weight is 386 g/mol. The molecule has 2 aromatic carbocycles. The molecule has 0 N–H and O–H groups in total. The topological polar surface area (TPSA) is 78.7 Å². The zero-order valence-corrected chi connectivity index (χ0v) is 13.3. The first-order valence-corrected chi connectivity index (χ1v) is 7.30. The number of benzene rings is 2. The SMILES string of the molecule is O=C1O/C(=C\c2ccc(OC(F)(F)F)cc2Cl)c2ccc([N+](=O)[O-])cc21. The van der Waals surface area contributed by atoms with Crippen LogP contribution in [0.25, 0.3) is 11.8 Å². The lowest BCUT2D eigenvalue weighted by molar-refractivity contribution is -0.384. The van der Waals surface area contributed by atoms with Crippen LogP contribution in [0.2, 0.25) is 5.02 Å². The number of nitro benzene ring substituents is 1. The number of hydrogen-bond acceptors (Lipinski definition) is 5. The predicted molar refractivity (Wildman–Crippen MR) is 84.5 cm³/mol. The Morgan fingerprint density at radius 1 is 1.15 bits per heavy atom. The van der Waals surface area contributed by atoms with Crippen molar-refractivity contribution in [1.29, 1.82) is 0 Å². The molecule has 0 saturated carbocycles. The smallest absolute Gasteiger partial charge is 0.422 e. The van der Waals surface area contributed by atoms with Gasteiger partial charge in [0.15, 0.2) is 0 Å². The van der Waals surface area contributed by atoms with Gasteiger partial charge in [0.1, 0.15) is 11.5 Å². The number of halogens is 4. The molecule has 0 unspecified atom stereocenters. The number of ether oxygens (including phenoxy) is 2. The van der Waals surface area contributed by atoms with E-state index in [1.54, 1.807) is 0 Å². The van der Waals surface area contributed by atoms with Crippen LogP contribution in [0.4, 0.5) is 18.9 Å². The van der Waals surface area contributed by atoms with E-state index in [0.717, 1.165) is 18.2 Å². The maximum Gasteiger partial charge on any atom is 0.573 e. The third-order valence-electron chi connectivity index (χ3n) is 3.39. The molecule has 0 saturated heterocycles. The van der Waals surface area contributed by atoms with Gasteiger partial charge in [0.2, 0.25) is 0 Å². The van der Waals surface area contributed by atoms with Crippen LogP contribution in [0.5, 0.6) is 5.75 Å². The van der Waals surface area contributed by atoms with E-state index in [2.05, 4.69) is 4.74 Å². The Balaban J connectivity index is 1.95. The fourth-order valence-corrected chi connectivity index (χ4v) is 2.53. The highest BCUT2D eigenvalue weighted by Crippen LogP contribution is 2.35. The van der Waals surface area contributed by atoms with Crippen molar-refractivity contribution in [3.05, 3.63) is 68.2 Å². The molecule has 1 aliphatic rings. The lowest BCUT2D eigenvalue weighted by atomic mass is 10.1. The first kappa shape index (κ1) is 17.7. The predicted octanol–water partition coefficient (Wildman–Crippen LogP) is 4.82. The van der Waals surface area contributed by atoms with Crippen molar-refractivity contribution in [2.45, 2.75) is 6.36 Å². The van der Waals surface area contributed by atoms with Crippen LogP contribution in [0.1, 0.15) is 21.5 Å². The first-order valence-electron chi connectivity index (χ1n) is 6.92. The van der Waals surface area contributed by atoms with Gasteiger partial charge in [-0.3, -0.25) is 10.1 Å². The second kappa shape index (κ2) is 6.34. The average Bonchev–Trinajstić information content (AvgIpc) is 2.84. The maximum absolute atomic E-state index is 12.2. The van der Waals surface area contributed by atoms with Gasteiger partial charge in [0.25, 0.3) is 5.69 Å². The third-order valence-corrected chi connectivity index (χ3v) is 3.72. The van der Waals surface area contributed by atoms with Crippen LogP contribution in [0, 0.1) is 10.1 Å². The number of carbonyl (C=O) groups excluding carboxylic acids is 1. The summed E-state index contributed by atoms with van der Waals surface area (Å²) >= 11 is 5.95. The number of esters is 1. The lowest BCUT2D eigenvalue weighted by Crippen LogP contribution is -2.17. The normalized spacial score (nSPS) is 14.9. The number of hydrogen-bond donors (Lipinski definition) is 0. The van der Waals surface area contributed by atoms with E-state index >= 15 is 0 Å². The highest BCUT2D eigenvalue weighted by molar-refractivity contribution is 6.32. The molecule has 0 spiro atoms. The molecule has 0 amide bonds. The number of cyclic esters (lactones) is 1. The van der Waals surface area contributed by atoms with E-state index in [9.17, 15) is 28.1 Å². The summed E-state index contributed by atoms with van der Waals surface area (Å²) in [5.41, 5.74) is 0.328. The molecule has 1 aliphatic heterocycles. The van der Waals surface area contributed by atoms with Crippen molar-refractivity contribution in [3.8, 4) is 5.75 Å². The minimum absolute atomic E-state index is 0.0126. The Kier molecular flexibility index (Phi) is 4.33. The summed E-state index contributed by atoms with van der Waals surface area (Å²) in [5.74, 6) is -1.20. The molecular formula is C16H7ClF3NO5. The summed E-state index contributed by atoms with van der Waals surface area (Å²) in [7, 11) is 0. The fourth-order valence-electron chi connectivity index (χ4n) is 2.31. The summed E-state index contributed by atoms with van der Waals surface area (Å²) in [6, 6.07) is 6.91. The monoisotopic (exact) mass is 385 g/mol. The van der Waals surface area contributed by atoms with Crippen molar-refractivity contribution in [2.24, 2.45) is 0 Å². The molecule has 1 heterocycles. The molecule has 0 atom stereocenters. The van der Waals surface area contributed by atoms with Crippen LogP contribution in [0.15, 0.2) is 36.4 Å². The van der Waals surface area contributed by atoms with Gasteiger partial charge in [0.05, 0.1) is 15.5 Å². The summed E-state index contributed by atoms with van der Waals surface area (Å²) in [6.07, 6.45) is -3.51. The number of rotatable bonds is 3. The van der Waals surface area contributed by atoms with E-state index in [4.69, 9.17) is 16.3 Å². The van der Waals surface area contributed by atoms with Crippen molar-refractivity contribution in [2.75, 3.05) is 0 Å². The van der Waals surface area contributed by atoms with Crippen LogP contribution in [0.3, 0.4) is 0 Å². The molecule has 0 radical (unpaired) electrons. The van der Waals surface area contributed by atoms with Gasteiger partial charge in [-0.05, 0) is 35.9 Å². The Morgan fingerprint density at radius 3 is 2.50 bits per heavy atom. The zero-order chi connectivity index (χ0) is 19.1. The highest BCUT2D eigenvalue weighted by atomic mass is 35.5. The largest absolute Gasteiger partial charge is 0.573 e. The molecule has 26 heavy (non-hydrogen) atoms. The molecule has 134 valence electrons. The van der Waals surface area contributed by atoms with Crippen LogP contribution in [-0.2, 0) is 4.74 Å². The van der Waals surface area contributed by atoms with E-state index in [1.807, 2.05) is 0 Å². The number of fused-ring (bicyclic) bond motifs is 1. The number of alkyl halides is 3. The molecule has 0 bridgehead atoms. The molecular weight excluding hydrogens is 379 g/mol. The summed E-state index contributed by atoms with van der Waals surface area (Å²) in [5, 5.41) is 10.7. The van der Waals surface area contributed by atoms with Crippen LogP contribution >= 0.6 is 11.6 Å². The summed E-state index contributed by atoms with van der Waals surface area (Å²) in [4.78, 5) is 22.0. The second-order valence-corrected chi connectivity index (χ2v) is 5.52.